The molecule has 4 rings (SSSR count). The highest BCUT2D eigenvalue weighted by atomic mass is 32.2. The van der Waals surface area contributed by atoms with Gasteiger partial charge in [0, 0.05) is 16.8 Å². The topological polar surface area (TPSA) is 81.7 Å². The van der Waals surface area contributed by atoms with Crippen molar-refractivity contribution in [2.24, 2.45) is 0 Å². The molecule has 25 heavy (non-hydrogen) atoms. The van der Waals surface area contributed by atoms with E-state index in [0.717, 1.165) is 27.4 Å². The average molecular weight is 370 g/mol. The summed E-state index contributed by atoms with van der Waals surface area (Å²) in [6.07, 6.45) is 1.64. The van der Waals surface area contributed by atoms with Gasteiger partial charge in [-0.1, -0.05) is 30.0 Å². The third-order valence-corrected chi connectivity index (χ3v) is 5.11. The minimum Gasteiger partial charge on any atom is -0.467 e. The molecule has 1 aromatic carbocycles. The highest BCUT2D eigenvalue weighted by Gasteiger charge is 2.10. The van der Waals surface area contributed by atoms with Crippen molar-refractivity contribution < 1.29 is 4.42 Å². The summed E-state index contributed by atoms with van der Waals surface area (Å²) >= 11 is 3.13. The molecule has 0 unspecified atom stereocenters. The maximum atomic E-state index is 5.34. The van der Waals surface area contributed by atoms with Crippen LogP contribution in [0.2, 0.25) is 0 Å². The zero-order valence-corrected chi connectivity index (χ0v) is 14.7. The smallest absolute Gasteiger partial charge is 0.210 e. The van der Waals surface area contributed by atoms with E-state index in [2.05, 4.69) is 25.8 Å². The second-order valence-corrected chi connectivity index (χ2v) is 6.92. The number of tetrazole rings is 1. The van der Waals surface area contributed by atoms with Gasteiger partial charge >= 0.3 is 0 Å². The van der Waals surface area contributed by atoms with Crippen molar-refractivity contribution in [1.29, 1.82) is 0 Å². The van der Waals surface area contributed by atoms with Crippen molar-refractivity contribution in [3.63, 3.8) is 0 Å². The summed E-state index contributed by atoms with van der Waals surface area (Å²) in [5.74, 6) is 1.52. The average Bonchev–Trinajstić information content (AvgIpc) is 3.37. The SMILES string of the molecule is c1ccc(Nc2nc(CSc3nnnn3Cc3ccco3)cs2)cc1. The van der Waals surface area contributed by atoms with E-state index in [1.807, 2.05) is 47.8 Å². The summed E-state index contributed by atoms with van der Waals surface area (Å²) in [6.45, 7) is 0.514. The summed E-state index contributed by atoms with van der Waals surface area (Å²) in [7, 11) is 0. The van der Waals surface area contributed by atoms with Crippen molar-refractivity contribution in [1.82, 2.24) is 25.2 Å². The Kier molecular flexibility index (Phi) is 4.75. The van der Waals surface area contributed by atoms with Crippen molar-refractivity contribution in [3.8, 4) is 0 Å². The highest BCUT2D eigenvalue weighted by molar-refractivity contribution is 7.98. The Balaban J connectivity index is 1.37. The Labute approximate surface area is 152 Å². The maximum Gasteiger partial charge on any atom is 0.210 e. The number of nitrogens with one attached hydrogen (secondary N) is 1. The van der Waals surface area contributed by atoms with E-state index in [-0.39, 0.29) is 0 Å². The third kappa shape index (κ3) is 4.06. The largest absolute Gasteiger partial charge is 0.467 e. The van der Waals surface area contributed by atoms with Crippen molar-refractivity contribution >= 4 is 33.9 Å². The molecule has 0 bridgehead atoms. The van der Waals surface area contributed by atoms with Gasteiger partial charge in [0.25, 0.3) is 0 Å². The van der Waals surface area contributed by atoms with E-state index in [1.165, 1.54) is 0 Å². The minimum absolute atomic E-state index is 0.514. The van der Waals surface area contributed by atoms with Gasteiger partial charge < -0.3 is 9.73 Å². The lowest BCUT2D eigenvalue weighted by molar-refractivity contribution is 0.462. The first-order chi connectivity index (χ1) is 12.4. The van der Waals surface area contributed by atoms with Gasteiger partial charge in [0.15, 0.2) is 5.13 Å². The fraction of sp³-hybridized carbons (Fsp3) is 0.125. The first kappa shape index (κ1) is 15.9. The van der Waals surface area contributed by atoms with Crippen LogP contribution in [0.5, 0.6) is 0 Å². The zero-order chi connectivity index (χ0) is 16.9. The summed E-state index contributed by atoms with van der Waals surface area (Å²) < 4.78 is 7.06. The Morgan fingerprint density at radius 2 is 2.08 bits per heavy atom. The number of hydrogen-bond donors (Lipinski definition) is 1. The van der Waals surface area contributed by atoms with Crippen LogP contribution in [0.15, 0.2) is 63.7 Å². The molecule has 3 heterocycles. The number of benzene rings is 1. The Morgan fingerprint density at radius 1 is 1.16 bits per heavy atom. The van der Waals surface area contributed by atoms with Gasteiger partial charge in [0.1, 0.15) is 12.3 Å². The van der Waals surface area contributed by atoms with Gasteiger partial charge in [-0.15, -0.1) is 16.4 Å². The van der Waals surface area contributed by atoms with Crippen molar-refractivity contribution in [2.45, 2.75) is 17.5 Å². The van der Waals surface area contributed by atoms with E-state index >= 15 is 0 Å². The number of thiazole rings is 1. The molecule has 0 atom stereocenters. The van der Waals surface area contributed by atoms with E-state index in [9.17, 15) is 0 Å². The molecule has 4 aromatic rings. The molecule has 0 spiro atoms. The van der Waals surface area contributed by atoms with Crippen LogP contribution in [0.25, 0.3) is 0 Å². The van der Waals surface area contributed by atoms with Crippen LogP contribution in [0.4, 0.5) is 10.8 Å². The second kappa shape index (κ2) is 7.49. The number of aromatic nitrogens is 5. The van der Waals surface area contributed by atoms with E-state index in [0.29, 0.717) is 12.3 Å². The quantitative estimate of drug-likeness (QED) is 0.495. The predicted octanol–water partition coefficient (Wildman–Crippen LogP) is 3.81. The standard InChI is InChI=1S/C16H14N6OS2/c1-2-5-12(6-3-1)17-15-18-13(10-24-15)11-25-16-19-20-21-22(16)9-14-7-4-8-23-14/h1-8,10H,9,11H2,(H,17,18). The van der Waals surface area contributed by atoms with E-state index in [4.69, 9.17) is 4.42 Å². The molecule has 3 aromatic heterocycles. The molecule has 0 amide bonds. The normalized spacial score (nSPS) is 10.9. The number of nitrogens with zero attached hydrogens (tertiary/aromatic N) is 5. The highest BCUT2D eigenvalue weighted by Crippen LogP contribution is 2.25. The number of anilines is 2. The van der Waals surface area contributed by atoms with Gasteiger partial charge in [-0.2, -0.15) is 0 Å². The van der Waals surface area contributed by atoms with Crippen molar-refractivity contribution in [2.75, 3.05) is 5.32 Å². The summed E-state index contributed by atoms with van der Waals surface area (Å²) in [4.78, 5) is 4.60. The first-order valence-electron chi connectivity index (χ1n) is 7.54. The van der Waals surface area contributed by atoms with Crippen LogP contribution in [-0.2, 0) is 12.3 Å². The maximum absolute atomic E-state index is 5.34. The number of hydrogen-bond acceptors (Lipinski definition) is 8. The molecular weight excluding hydrogens is 356 g/mol. The zero-order valence-electron chi connectivity index (χ0n) is 13.1. The van der Waals surface area contributed by atoms with Crippen LogP contribution < -0.4 is 5.32 Å². The molecule has 0 saturated carbocycles. The molecule has 0 fully saturated rings. The number of para-hydroxylation sites is 1. The number of rotatable bonds is 7. The fourth-order valence-corrected chi connectivity index (χ4v) is 3.77. The molecule has 126 valence electrons. The Bertz CT molecular complexity index is 919. The van der Waals surface area contributed by atoms with E-state index < -0.39 is 0 Å². The van der Waals surface area contributed by atoms with Gasteiger partial charge in [-0.3, -0.25) is 0 Å². The van der Waals surface area contributed by atoms with Crippen LogP contribution >= 0.6 is 23.1 Å². The second-order valence-electron chi connectivity index (χ2n) is 5.12. The minimum atomic E-state index is 0.514. The molecule has 0 aliphatic heterocycles. The van der Waals surface area contributed by atoms with Crippen LogP contribution in [0.1, 0.15) is 11.5 Å². The van der Waals surface area contributed by atoms with Crippen LogP contribution in [0, 0.1) is 0 Å². The molecule has 0 aliphatic carbocycles. The molecule has 7 nitrogen and oxygen atoms in total. The fourth-order valence-electron chi connectivity index (χ4n) is 2.16. The van der Waals surface area contributed by atoms with Crippen molar-refractivity contribution in [3.05, 3.63) is 65.6 Å². The third-order valence-electron chi connectivity index (χ3n) is 3.31. The predicted molar refractivity (Wildman–Crippen MR) is 97.0 cm³/mol. The molecule has 9 heteroatoms. The first-order valence-corrected chi connectivity index (χ1v) is 9.41. The monoisotopic (exact) mass is 370 g/mol. The van der Waals surface area contributed by atoms with Gasteiger partial charge in [-0.25, -0.2) is 9.67 Å². The molecule has 1 N–H and O–H groups in total. The number of thioether (sulfide) groups is 1. The molecule has 0 radical (unpaired) electrons. The van der Waals surface area contributed by atoms with Gasteiger partial charge in [-0.05, 0) is 34.7 Å². The Hall–Kier alpha value is -2.65. The summed E-state index contributed by atoms with van der Waals surface area (Å²) in [6, 6.07) is 13.7. The lowest BCUT2D eigenvalue weighted by Crippen LogP contribution is -2.03. The summed E-state index contributed by atoms with van der Waals surface area (Å²) in [5.41, 5.74) is 2.01. The molecular formula is C16H14N6OS2. The lowest BCUT2D eigenvalue weighted by atomic mass is 10.3. The lowest BCUT2D eigenvalue weighted by Gasteiger charge is -2.02. The molecule has 0 saturated heterocycles. The summed E-state index contributed by atoms with van der Waals surface area (Å²) in [5, 5.41) is 18.8. The van der Waals surface area contributed by atoms with E-state index in [1.54, 1.807) is 34.0 Å². The Morgan fingerprint density at radius 3 is 2.92 bits per heavy atom. The molecule has 0 aliphatic rings. The van der Waals surface area contributed by atoms with Gasteiger partial charge in [0.2, 0.25) is 5.16 Å². The van der Waals surface area contributed by atoms with Crippen LogP contribution in [-0.4, -0.2) is 25.2 Å². The van der Waals surface area contributed by atoms with Gasteiger partial charge in [0.05, 0.1) is 12.0 Å². The number of furan rings is 1. The van der Waals surface area contributed by atoms with Crippen LogP contribution in [0.3, 0.4) is 0 Å².